The topological polar surface area (TPSA) is 47.4 Å². The van der Waals surface area contributed by atoms with Crippen molar-refractivity contribution < 1.29 is 9.53 Å². The summed E-state index contributed by atoms with van der Waals surface area (Å²) in [6.07, 6.45) is 1.44. The van der Waals surface area contributed by atoms with E-state index < -0.39 is 0 Å². The quantitative estimate of drug-likeness (QED) is 0.351. The first kappa shape index (κ1) is 29.3. The van der Waals surface area contributed by atoms with Gasteiger partial charge in [0.1, 0.15) is 6.10 Å². The Morgan fingerprint density at radius 3 is 1.83 bits per heavy atom. The van der Waals surface area contributed by atoms with E-state index in [0.29, 0.717) is 5.69 Å². The fraction of sp³-hybridized carbons (Fsp3) is 0.484. The number of para-hydroxylation sites is 1. The molecule has 0 amide bonds. The summed E-state index contributed by atoms with van der Waals surface area (Å²) in [5, 5.41) is 4.74. The molecule has 196 valence electrons. The number of hydrogen-bond acceptors (Lipinski definition) is 4. The van der Waals surface area contributed by atoms with Gasteiger partial charge in [-0.1, -0.05) is 76.2 Å². The van der Waals surface area contributed by atoms with Gasteiger partial charge in [-0.05, 0) is 53.8 Å². The average molecular weight is 492 g/mol. The summed E-state index contributed by atoms with van der Waals surface area (Å²) in [5.74, 6) is -0.351. The third-order valence-corrected chi connectivity index (χ3v) is 6.91. The molecule has 3 aromatic rings. The van der Waals surface area contributed by atoms with Crippen molar-refractivity contribution in [1.82, 2.24) is 14.7 Å². The van der Waals surface area contributed by atoms with Gasteiger partial charge < -0.3 is 4.74 Å². The Balaban J connectivity index is 0.00000109. The van der Waals surface area contributed by atoms with Gasteiger partial charge in [0.15, 0.2) is 5.69 Å². The summed E-state index contributed by atoms with van der Waals surface area (Å²) >= 11 is 0. The van der Waals surface area contributed by atoms with Crippen LogP contribution in [0.5, 0.6) is 0 Å². The van der Waals surface area contributed by atoms with Gasteiger partial charge in [-0.15, -0.1) is 0 Å². The minimum atomic E-state index is -0.351. The minimum Gasteiger partial charge on any atom is -0.457 e. The highest BCUT2D eigenvalue weighted by atomic mass is 16.5. The smallest absolute Gasteiger partial charge is 0.359 e. The van der Waals surface area contributed by atoms with Gasteiger partial charge in [0.05, 0.1) is 11.4 Å². The molecule has 2 aromatic carbocycles. The Morgan fingerprint density at radius 2 is 1.33 bits per heavy atom. The van der Waals surface area contributed by atoms with Gasteiger partial charge in [-0.25, -0.2) is 9.48 Å². The van der Waals surface area contributed by atoms with Crippen LogP contribution in [0.2, 0.25) is 0 Å². The van der Waals surface area contributed by atoms with Crippen LogP contribution in [0.3, 0.4) is 0 Å². The van der Waals surface area contributed by atoms with Crippen LogP contribution in [0.4, 0.5) is 0 Å². The van der Waals surface area contributed by atoms with E-state index in [0.717, 1.165) is 35.3 Å². The van der Waals surface area contributed by atoms with E-state index >= 15 is 0 Å². The predicted octanol–water partition coefficient (Wildman–Crippen LogP) is 7.71. The number of piperidine rings is 1. The maximum absolute atomic E-state index is 13.4. The van der Waals surface area contributed by atoms with Gasteiger partial charge >= 0.3 is 5.97 Å². The number of hydrogen-bond donors (Lipinski definition) is 0. The van der Waals surface area contributed by atoms with Crippen molar-refractivity contribution in [3.05, 3.63) is 71.9 Å². The number of ether oxygens (including phenoxy) is 1. The first-order valence-electron chi connectivity index (χ1n) is 13.3. The van der Waals surface area contributed by atoms with Crippen LogP contribution in [0.15, 0.2) is 60.7 Å². The van der Waals surface area contributed by atoms with Gasteiger partial charge in [0.25, 0.3) is 0 Å². The molecule has 0 saturated carbocycles. The number of rotatable bonds is 4. The van der Waals surface area contributed by atoms with Crippen LogP contribution in [-0.4, -0.2) is 44.9 Å². The number of esters is 1. The van der Waals surface area contributed by atoms with Crippen molar-refractivity contribution in [2.45, 2.75) is 92.3 Å². The Hall–Kier alpha value is -2.92. The maximum Gasteiger partial charge on any atom is 0.359 e. The molecule has 0 spiro atoms. The third-order valence-electron chi connectivity index (χ3n) is 6.91. The summed E-state index contributed by atoms with van der Waals surface area (Å²) in [4.78, 5) is 15.7. The molecule has 0 atom stereocenters. The van der Waals surface area contributed by atoms with Crippen LogP contribution >= 0.6 is 0 Å². The zero-order valence-corrected chi connectivity index (χ0v) is 23.9. The zero-order valence-electron chi connectivity index (χ0n) is 23.9. The monoisotopic (exact) mass is 491 g/mol. The second-order valence-electron chi connectivity index (χ2n) is 10.1. The molecule has 0 bridgehead atoms. The van der Waals surface area contributed by atoms with Crippen molar-refractivity contribution in [2.75, 3.05) is 7.05 Å². The molecule has 0 aliphatic carbocycles. The highest BCUT2D eigenvalue weighted by molar-refractivity contribution is 5.91. The van der Waals surface area contributed by atoms with Gasteiger partial charge in [-0.2, -0.15) is 5.10 Å². The van der Waals surface area contributed by atoms with Crippen LogP contribution in [0, 0.1) is 6.92 Å². The molecule has 1 aromatic heterocycles. The lowest BCUT2D eigenvalue weighted by Gasteiger charge is -2.53. The van der Waals surface area contributed by atoms with Crippen LogP contribution in [0.1, 0.15) is 84.3 Å². The van der Waals surface area contributed by atoms with E-state index in [-0.39, 0.29) is 23.2 Å². The fourth-order valence-electron chi connectivity index (χ4n) is 4.95. The summed E-state index contributed by atoms with van der Waals surface area (Å²) in [7, 11) is 2.15. The molecule has 0 radical (unpaired) electrons. The average Bonchev–Trinajstić information content (AvgIpc) is 3.23. The molecule has 1 fully saturated rings. The summed E-state index contributed by atoms with van der Waals surface area (Å²) in [6, 6.07) is 20.0. The van der Waals surface area contributed by atoms with Crippen LogP contribution < -0.4 is 0 Å². The van der Waals surface area contributed by atoms with E-state index in [4.69, 9.17) is 9.84 Å². The van der Waals surface area contributed by atoms with E-state index in [1.54, 1.807) is 0 Å². The lowest BCUT2D eigenvalue weighted by Crippen LogP contribution is -2.60. The standard InChI is InChI=1S/C27H33N3O2.2C2H6/c1-19-23(25(31)32-22-17-26(2,3)29(6)27(4,5)18-22)28-30(21-15-11-8-12-16-21)24(19)20-13-9-7-10-14-20;2*1-2/h7-16,22H,17-18H2,1-6H3;2*1-2H3. The molecular weight excluding hydrogens is 446 g/mol. The first-order chi connectivity index (χ1) is 17.1. The van der Waals surface area contributed by atoms with E-state index in [9.17, 15) is 4.79 Å². The zero-order chi connectivity index (χ0) is 27.1. The molecule has 1 aliphatic heterocycles. The van der Waals surface area contributed by atoms with Crippen molar-refractivity contribution in [2.24, 2.45) is 0 Å². The molecule has 1 aliphatic rings. The Labute approximate surface area is 218 Å². The van der Waals surface area contributed by atoms with Crippen LogP contribution in [-0.2, 0) is 4.74 Å². The van der Waals surface area contributed by atoms with E-state index in [1.807, 2.05) is 100.0 Å². The molecular formula is C31H45N3O2. The molecule has 5 nitrogen and oxygen atoms in total. The molecule has 36 heavy (non-hydrogen) atoms. The molecule has 1 saturated heterocycles. The SMILES string of the molecule is CC.CC.Cc1c(C(=O)OC2CC(C)(C)N(C)C(C)(C)C2)nn(-c2ccccc2)c1-c1ccccc1. The highest BCUT2D eigenvalue weighted by Gasteiger charge is 2.44. The third kappa shape index (κ3) is 6.25. The summed E-state index contributed by atoms with van der Waals surface area (Å²) in [5.41, 5.74) is 3.93. The van der Waals surface area contributed by atoms with Gasteiger partial charge in [0.2, 0.25) is 0 Å². The largest absolute Gasteiger partial charge is 0.457 e. The maximum atomic E-state index is 13.4. The molecule has 4 rings (SSSR count). The van der Waals surface area contributed by atoms with Gasteiger partial charge in [0, 0.05) is 35.0 Å². The second-order valence-corrected chi connectivity index (χ2v) is 10.1. The Kier molecular flexibility index (Phi) is 10.1. The lowest BCUT2D eigenvalue weighted by atomic mass is 9.79. The second kappa shape index (κ2) is 12.4. The number of nitrogens with zero attached hydrogens (tertiary/aromatic N) is 3. The molecule has 0 unspecified atom stereocenters. The number of carbonyl (C=O) groups is 1. The molecule has 0 N–H and O–H groups in total. The normalized spacial score (nSPS) is 16.7. The van der Waals surface area contributed by atoms with Crippen molar-refractivity contribution in [3.63, 3.8) is 0 Å². The Bertz CT molecular complexity index is 1080. The lowest BCUT2D eigenvalue weighted by molar-refractivity contribution is -0.0734. The molecule has 2 heterocycles. The fourth-order valence-corrected chi connectivity index (χ4v) is 4.95. The van der Waals surface area contributed by atoms with Crippen molar-refractivity contribution in [3.8, 4) is 16.9 Å². The first-order valence-corrected chi connectivity index (χ1v) is 13.3. The van der Waals surface area contributed by atoms with Crippen LogP contribution in [0.25, 0.3) is 16.9 Å². The minimum absolute atomic E-state index is 0.0552. The van der Waals surface area contributed by atoms with Crippen molar-refractivity contribution in [1.29, 1.82) is 0 Å². The number of carbonyl (C=O) groups excluding carboxylic acids is 1. The van der Waals surface area contributed by atoms with Gasteiger partial charge in [-0.3, -0.25) is 4.90 Å². The number of aromatic nitrogens is 2. The Morgan fingerprint density at radius 1 is 0.861 bits per heavy atom. The predicted molar refractivity (Wildman–Crippen MR) is 151 cm³/mol. The van der Waals surface area contributed by atoms with E-state index in [1.165, 1.54) is 0 Å². The van der Waals surface area contributed by atoms with Crippen molar-refractivity contribution >= 4 is 5.97 Å². The molecule has 5 heteroatoms. The summed E-state index contributed by atoms with van der Waals surface area (Å²) < 4.78 is 7.93. The number of likely N-dealkylation sites (tertiary alicyclic amines) is 1. The number of benzene rings is 2. The van der Waals surface area contributed by atoms with E-state index in [2.05, 4.69) is 39.6 Å². The summed E-state index contributed by atoms with van der Waals surface area (Å²) in [6.45, 7) is 18.8. The highest BCUT2D eigenvalue weighted by Crippen LogP contribution is 2.38.